The highest BCUT2D eigenvalue weighted by Gasteiger charge is 2.12. The van der Waals surface area contributed by atoms with E-state index in [1.165, 1.54) is 6.21 Å². The Morgan fingerprint density at radius 3 is 2.50 bits per heavy atom. The van der Waals surface area contributed by atoms with Crippen LogP contribution in [0.5, 0.6) is 11.5 Å². The van der Waals surface area contributed by atoms with Crippen molar-refractivity contribution in [1.29, 1.82) is 0 Å². The van der Waals surface area contributed by atoms with Crippen molar-refractivity contribution in [2.75, 3.05) is 6.61 Å². The molecule has 0 aliphatic carbocycles. The van der Waals surface area contributed by atoms with Crippen LogP contribution in [0.25, 0.3) is 10.8 Å². The lowest BCUT2D eigenvalue weighted by Crippen LogP contribution is -2.24. The summed E-state index contributed by atoms with van der Waals surface area (Å²) in [6, 6.07) is 25.8. The first kappa shape index (κ1) is 23.2. The fourth-order valence-electron chi connectivity index (χ4n) is 3.17. The Labute approximate surface area is 205 Å². The summed E-state index contributed by atoms with van der Waals surface area (Å²) < 4.78 is 11.9. The van der Waals surface area contributed by atoms with E-state index >= 15 is 0 Å². The van der Waals surface area contributed by atoms with E-state index in [0.29, 0.717) is 22.6 Å². The minimum absolute atomic E-state index is 0.191. The van der Waals surface area contributed by atoms with Gasteiger partial charge in [0.25, 0.3) is 5.91 Å². The molecule has 34 heavy (non-hydrogen) atoms. The van der Waals surface area contributed by atoms with E-state index < -0.39 is 11.9 Å². The maximum atomic E-state index is 12.5. The number of aryl methyl sites for hydroxylation is 1. The smallest absolute Gasteiger partial charge is 0.343 e. The summed E-state index contributed by atoms with van der Waals surface area (Å²) in [5, 5.41) is 6.10. The molecule has 0 atom stereocenters. The third kappa shape index (κ3) is 6.08. The highest BCUT2D eigenvalue weighted by atomic mass is 79.9. The number of hydrogen-bond acceptors (Lipinski definition) is 5. The summed E-state index contributed by atoms with van der Waals surface area (Å²) in [7, 11) is 0. The molecule has 0 heterocycles. The molecule has 0 fully saturated rings. The molecule has 1 N–H and O–H groups in total. The SMILES string of the molecule is Cc1ccc(C(=O)Oc2ccc(Br)cc2C=NNC(=O)COc2ccc3ccccc3c2)cc1. The van der Waals surface area contributed by atoms with E-state index in [1.807, 2.05) is 61.5 Å². The van der Waals surface area contributed by atoms with Gasteiger partial charge in [-0.2, -0.15) is 5.10 Å². The second-order valence-corrected chi connectivity index (χ2v) is 8.44. The van der Waals surface area contributed by atoms with Crippen molar-refractivity contribution in [2.45, 2.75) is 6.92 Å². The number of hydrogen-bond donors (Lipinski definition) is 1. The van der Waals surface area contributed by atoms with E-state index in [-0.39, 0.29) is 6.61 Å². The fraction of sp³-hybridized carbons (Fsp3) is 0.0741. The molecule has 0 aliphatic rings. The quantitative estimate of drug-likeness (QED) is 0.149. The Morgan fingerprint density at radius 2 is 1.71 bits per heavy atom. The Balaban J connectivity index is 1.36. The Bertz CT molecular complexity index is 1370. The number of hydrazone groups is 1. The lowest BCUT2D eigenvalue weighted by atomic mass is 10.1. The highest BCUT2D eigenvalue weighted by Crippen LogP contribution is 2.23. The zero-order valence-electron chi connectivity index (χ0n) is 18.3. The number of halogens is 1. The van der Waals surface area contributed by atoms with Crippen molar-refractivity contribution in [3.63, 3.8) is 0 Å². The first-order valence-electron chi connectivity index (χ1n) is 10.5. The zero-order chi connectivity index (χ0) is 23.9. The number of nitrogens with zero attached hydrogens (tertiary/aromatic N) is 1. The molecule has 4 aromatic rings. The Kier molecular flexibility index (Phi) is 7.34. The molecule has 0 saturated carbocycles. The molecule has 7 heteroatoms. The summed E-state index contributed by atoms with van der Waals surface area (Å²) in [6.07, 6.45) is 1.41. The van der Waals surface area contributed by atoms with Crippen LogP contribution in [0.2, 0.25) is 0 Å². The molecule has 4 aromatic carbocycles. The van der Waals surface area contributed by atoms with Gasteiger partial charge in [0.1, 0.15) is 11.5 Å². The summed E-state index contributed by atoms with van der Waals surface area (Å²) in [4.78, 5) is 24.6. The standard InChI is InChI=1S/C27H21BrN2O4/c1-18-6-8-20(9-7-18)27(32)34-25-13-11-23(28)14-22(25)16-29-30-26(31)17-33-24-12-10-19-4-2-3-5-21(19)15-24/h2-16H,17H2,1H3,(H,30,31). The van der Waals surface area contributed by atoms with E-state index in [1.54, 1.807) is 30.3 Å². The average molecular weight is 517 g/mol. The van der Waals surface area contributed by atoms with Gasteiger partial charge >= 0.3 is 5.97 Å². The topological polar surface area (TPSA) is 77.0 Å². The van der Waals surface area contributed by atoms with Crippen molar-refractivity contribution in [1.82, 2.24) is 5.43 Å². The summed E-state index contributed by atoms with van der Waals surface area (Å²) in [6.45, 7) is 1.75. The lowest BCUT2D eigenvalue weighted by Gasteiger charge is -2.09. The number of nitrogens with one attached hydrogen (secondary N) is 1. The van der Waals surface area contributed by atoms with Crippen LogP contribution in [0, 0.1) is 6.92 Å². The van der Waals surface area contributed by atoms with Gasteiger partial charge in [-0.15, -0.1) is 0 Å². The lowest BCUT2D eigenvalue weighted by molar-refractivity contribution is -0.123. The second kappa shape index (κ2) is 10.8. The minimum Gasteiger partial charge on any atom is -0.484 e. The van der Waals surface area contributed by atoms with Crippen LogP contribution in [-0.2, 0) is 4.79 Å². The van der Waals surface area contributed by atoms with E-state index in [9.17, 15) is 9.59 Å². The van der Waals surface area contributed by atoms with E-state index in [0.717, 1.165) is 20.8 Å². The monoisotopic (exact) mass is 516 g/mol. The van der Waals surface area contributed by atoms with Crippen molar-refractivity contribution in [3.8, 4) is 11.5 Å². The Hall–Kier alpha value is -3.97. The number of carbonyl (C=O) groups excluding carboxylic acids is 2. The van der Waals surface area contributed by atoms with Gasteiger partial charge in [-0.05, 0) is 60.2 Å². The minimum atomic E-state index is -0.482. The third-order valence-corrected chi connectivity index (χ3v) is 5.44. The van der Waals surface area contributed by atoms with Crippen LogP contribution < -0.4 is 14.9 Å². The summed E-state index contributed by atoms with van der Waals surface area (Å²) in [5.41, 5.74) is 4.43. The molecule has 0 unspecified atom stereocenters. The molecule has 4 rings (SSSR count). The molecule has 0 spiro atoms. The van der Waals surface area contributed by atoms with Crippen molar-refractivity contribution < 1.29 is 19.1 Å². The maximum Gasteiger partial charge on any atom is 0.343 e. The van der Waals surface area contributed by atoms with Crippen molar-refractivity contribution in [2.24, 2.45) is 5.10 Å². The van der Waals surface area contributed by atoms with Gasteiger partial charge in [-0.3, -0.25) is 4.79 Å². The second-order valence-electron chi connectivity index (χ2n) is 7.53. The van der Waals surface area contributed by atoms with Gasteiger partial charge in [0, 0.05) is 10.0 Å². The largest absolute Gasteiger partial charge is 0.484 e. The zero-order valence-corrected chi connectivity index (χ0v) is 19.9. The van der Waals surface area contributed by atoms with Gasteiger partial charge in [0.15, 0.2) is 6.61 Å². The Morgan fingerprint density at radius 1 is 0.941 bits per heavy atom. The third-order valence-electron chi connectivity index (χ3n) is 4.95. The average Bonchev–Trinajstić information content (AvgIpc) is 2.84. The van der Waals surface area contributed by atoms with Crippen molar-refractivity contribution >= 4 is 44.8 Å². The summed E-state index contributed by atoms with van der Waals surface area (Å²) >= 11 is 3.39. The van der Waals surface area contributed by atoms with Gasteiger partial charge in [0.2, 0.25) is 0 Å². The first-order chi connectivity index (χ1) is 16.5. The number of ether oxygens (including phenoxy) is 2. The molecule has 1 amide bonds. The summed E-state index contributed by atoms with van der Waals surface area (Å²) in [5.74, 6) is 0.0108. The van der Waals surface area contributed by atoms with E-state index in [2.05, 4.69) is 26.5 Å². The molecular formula is C27H21BrN2O4. The number of benzene rings is 4. The highest BCUT2D eigenvalue weighted by molar-refractivity contribution is 9.10. The van der Waals surface area contributed by atoms with Gasteiger partial charge in [0.05, 0.1) is 11.8 Å². The van der Waals surface area contributed by atoms with E-state index in [4.69, 9.17) is 9.47 Å². The predicted molar refractivity (Wildman–Crippen MR) is 135 cm³/mol. The molecular weight excluding hydrogens is 496 g/mol. The van der Waals surface area contributed by atoms with Crippen LogP contribution in [0.4, 0.5) is 0 Å². The molecule has 6 nitrogen and oxygen atoms in total. The number of amides is 1. The van der Waals surface area contributed by atoms with Crippen LogP contribution in [0.3, 0.4) is 0 Å². The first-order valence-corrected chi connectivity index (χ1v) is 11.3. The number of rotatable bonds is 7. The number of esters is 1. The number of carbonyl (C=O) groups is 2. The molecule has 0 radical (unpaired) electrons. The number of fused-ring (bicyclic) bond motifs is 1. The van der Waals surface area contributed by atoms with Gasteiger partial charge in [-0.1, -0.05) is 64.0 Å². The maximum absolute atomic E-state index is 12.5. The van der Waals surface area contributed by atoms with Crippen LogP contribution in [0.15, 0.2) is 94.5 Å². The predicted octanol–water partition coefficient (Wildman–Crippen LogP) is 5.66. The van der Waals surface area contributed by atoms with Crippen molar-refractivity contribution in [3.05, 3.63) is 106 Å². The van der Waals surface area contributed by atoms with Crippen LogP contribution in [-0.4, -0.2) is 24.7 Å². The molecule has 0 aromatic heterocycles. The van der Waals surface area contributed by atoms with Gasteiger partial charge < -0.3 is 9.47 Å². The molecule has 170 valence electrons. The molecule has 0 saturated heterocycles. The molecule has 0 aliphatic heterocycles. The van der Waals surface area contributed by atoms with Crippen LogP contribution in [0.1, 0.15) is 21.5 Å². The fourth-order valence-corrected chi connectivity index (χ4v) is 3.55. The van der Waals surface area contributed by atoms with Crippen LogP contribution >= 0.6 is 15.9 Å². The molecule has 0 bridgehead atoms. The van der Waals surface area contributed by atoms with Gasteiger partial charge in [-0.25, -0.2) is 10.2 Å². The normalized spacial score (nSPS) is 10.9.